The minimum atomic E-state index is -1.19. The lowest BCUT2D eigenvalue weighted by molar-refractivity contribution is 0.0124. The Bertz CT molecular complexity index is 845. The first-order valence-corrected chi connectivity index (χ1v) is 10.3. The number of rotatable bonds is 7. The molecule has 1 fully saturated rings. The van der Waals surface area contributed by atoms with Crippen molar-refractivity contribution in [2.24, 2.45) is 0 Å². The van der Waals surface area contributed by atoms with Crippen LogP contribution < -0.4 is 14.4 Å². The summed E-state index contributed by atoms with van der Waals surface area (Å²) in [4.78, 5) is 17.7. The summed E-state index contributed by atoms with van der Waals surface area (Å²) in [5.74, 6) is 0.310. The van der Waals surface area contributed by atoms with E-state index in [-0.39, 0.29) is 12.4 Å². The number of benzene rings is 2. The first-order chi connectivity index (χ1) is 14.5. The maximum absolute atomic E-state index is 11.7. The maximum atomic E-state index is 11.7. The summed E-state index contributed by atoms with van der Waals surface area (Å²) in [6.07, 6.45) is -0.556. The number of hydrogen-bond acceptors (Lipinski definition) is 6. The average molecular weight is 470 g/mol. The summed E-state index contributed by atoms with van der Waals surface area (Å²) >= 11 is 6.06. The number of nitrogens with zero attached hydrogens (tertiary/aromatic N) is 3. The molecular weight excluding hydrogens is 441 g/mol. The Hall–Kier alpha value is -2.35. The fourth-order valence-electron chi connectivity index (χ4n) is 3.34. The van der Waals surface area contributed by atoms with Crippen LogP contribution in [0.3, 0.4) is 0 Å². The second kappa shape index (κ2) is 11.9. The van der Waals surface area contributed by atoms with E-state index in [4.69, 9.17) is 25.8 Å². The summed E-state index contributed by atoms with van der Waals surface area (Å²) in [5.41, 5.74) is 2.12. The van der Waals surface area contributed by atoms with Crippen LogP contribution in [-0.4, -0.2) is 69.0 Å². The van der Waals surface area contributed by atoms with Crippen molar-refractivity contribution in [2.75, 3.05) is 52.3 Å². The van der Waals surface area contributed by atoms with Crippen LogP contribution in [0.1, 0.15) is 5.56 Å². The Morgan fingerprint density at radius 2 is 1.65 bits per heavy atom. The smallest absolute Gasteiger partial charge is 0.413 e. The number of carbonyl (C=O) groups is 1. The maximum Gasteiger partial charge on any atom is 0.413 e. The third-order valence-corrected chi connectivity index (χ3v) is 5.12. The Kier molecular flexibility index (Phi) is 9.55. The molecule has 1 unspecified atom stereocenters. The van der Waals surface area contributed by atoms with Crippen LogP contribution in [0.25, 0.3) is 0 Å². The van der Waals surface area contributed by atoms with Gasteiger partial charge in [0.05, 0.1) is 12.8 Å². The first kappa shape index (κ1) is 24.9. The van der Waals surface area contributed by atoms with Crippen molar-refractivity contribution in [1.29, 1.82) is 0 Å². The largest absolute Gasteiger partial charge is 0.495 e. The fourth-order valence-corrected chi connectivity index (χ4v) is 3.51. The van der Waals surface area contributed by atoms with Gasteiger partial charge in [0.2, 0.25) is 0 Å². The minimum Gasteiger partial charge on any atom is -0.495 e. The number of para-hydroxylation sites is 3. The number of piperazine rings is 1. The molecule has 1 atom stereocenters. The van der Waals surface area contributed by atoms with Gasteiger partial charge in [-0.3, -0.25) is 4.90 Å². The Labute approximate surface area is 194 Å². The summed E-state index contributed by atoms with van der Waals surface area (Å²) in [7, 11) is 4.88. The first-order valence-electron chi connectivity index (χ1n) is 9.85. The molecule has 0 radical (unpaired) electrons. The molecule has 1 amide bonds. The van der Waals surface area contributed by atoms with E-state index in [0.29, 0.717) is 5.75 Å². The number of carbonyl (C=O) groups excluding carboxylic acids is 1. The SMILES string of the molecule is COc1ccccc1N1CCN(Cc2ccccc2OC(Cl)OC(=O)N(C)C)CC1.Cl. The Morgan fingerprint density at radius 3 is 2.29 bits per heavy atom. The molecule has 1 saturated heterocycles. The monoisotopic (exact) mass is 469 g/mol. The molecule has 1 aliphatic rings. The van der Waals surface area contributed by atoms with Gasteiger partial charge in [0, 0.05) is 52.4 Å². The molecule has 31 heavy (non-hydrogen) atoms. The summed E-state index contributed by atoms with van der Waals surface area (Å²) in [6, 6.07) is 15.8. The van der Waals surface area contributed by atoms with Crippen LogP contribution in [-0.2, 0) is 11.3 Å². The molecule has 0 aliphatic carbocycles. The molecule has 0 spiro atoms. The number of methoxy groups -OCH3 is 1. The normalized spacial score (nSPS) is 14.9. The molecule has 2 aromatic carbocycles. The van der Waals surface area contributed by atoms with Gasteiger partial charge >= 0.3 is 11.8 Å². The van der Waals surface area contributed by atoms with Crippen molar-refractivity contribution in [1.82, 2.24) is 9.80 Å². The molecule has 9 heteroatoms. The van der Waals surface area contributed by atoms with E-state index in [0.717, 1.165) is 49.7 Å². The molecule has 1 heterocycles. The van der Waals surface area contributed by atoms with Gasteiger partial charge in [0.1, 0.15) is 11.5 Å². The van der Waals surface area contributed by atoms with Gasteiger partial charge in [-0.15, -0.1) is 12.4 Å². The fraction of sp³-hybridized carbons (Fsp3) is 0.409. The van der Waals surface area contributed by atoms with Crippen LogP contribution in [0.15, 0.2) is 48.5 Å². The Balaban J connectivity index is 0.00000341. The van der Waals surface area contributed by atoms with Crippen molar-refractivity contribution < 1.29 is 19.0 Å². The summed E-state index contributed by atoms with van der Waals surface area (Å²) in [6.45, 7) is 4.35. The zero-order valence-electron chi connectivity index (χ0n) is 18.0. The lowest BCUT2D eigenvalue weighted by Gasteiger charge is -2.36. The van der Waals surface area contributed by atoms with Gasteiger partial charge in [-0.1, -0.05) is 30.3 Å². The van der Waals surface area contributed by atoms with Gasteiger partial charge in [0.25, 0.3) is 0 Å². The van der Waals surface area contributed by atoms with Crippen molar-refractivity contribution in [3.63, 3.8) is 0 Å². The van der Waals surface area contributed by atoms with E-state index < -0.39 is 11.8 Å². The molecule has 2 aromatic rings. The predicted molar refractivity (Wildman–Crippen MR) is 125 cm³/mol. The molecular formula is C22H29Cl2N3O4. The number of halogens is 2. The summed E-state index contributed by atoms with van der Waals surface area (Å²) < 4.78 is 16.2. The molecule has 7 nitrogen and oxygen atoms in total. The van der Waals surface area contributed by atoms with Crippen LogP contribution >= 0.6 is 24.0 Å². The van der Waals surface area contributed by atoms with Crippen LogP contribution in [0.5, 0.6) is 11.5 Å². The van der Waals surface area contributed by atoms with Crippen molar-refractivity contribution in [3.8, 4) is 11.5 Å². The standard InChI is InChI=1S/C22H28ClN3O4.ClH/c1-24(2)22(27)30-21(23)29-19-10-6-4-8-17(19)16-25-12-14-26(15-13-25)18-9-5-7-11-20(18)28-3;/h4-11,21H,12-16H2,1-3H3;1H. The highest BCUT2D eigenvalue weighted by molar-refractivity contribution is 6.19. The number of ether oxygens (including phenoxy) is 3. The lowest BCUT2D eigenvalue weighted by atomic mass is 10.1. The highest BCUT2D eigenvalue weighted by Crippen LogP contribution is 2.29. The van der Waals surface area contributed by atoms with Gasteiger partial charge in [0.15, 0.2) is 0 Å². The molecule has 1 aliphatic heterocycles. The predicted octanol–water partition coefficient (Wildman–Crippen LogP) is 4.04. The van der Waals surface area contributed by atoms with Gasteiger partial charge in [-0.25, -0.2) is 4.79 Å². The van der Waals surface area contributed by atoms with Crippen LogP contribution in [0, 0.1) is 0 Å². The average Bonchev–Trinajstić information content (AvgIpc) is 2.75. The van der Waals surface area contributed by atoms with Crippen molar-refractivity contribution in [2.45, 2.75) is 12.3 Å². The van der Waals surface area contributed by atoms with Crippen LogP contribution in [0.4, 0.5) is 10.5 Å². The van der Waals surface area contributed by atoms with Gasteiger partial charge < -0.3 is 24.0 Å². The van der Waals surface area contributed by atoms with E-state index in [2.05, 4.69) is 15.9 Å². The highest BCUT2D eigenvalue weighted by atomic mass is 35.5. The third-order valence-electron chi connectivity index (χ3n) is 4.94. The van der Waals surface area contributed by atoms with Crippen molar-refractivity contribution >= 4 is 35.8 Å². The molecule has 0 N–H and O–H groups in total. The molecule has 170 valence electrons. The number of alkyl halides is 1. The second-order valence-electron chi connectivity index (χ2n) is 7.21. The van der Waals surface area contributed by atoms with E-state index in [1.807, 2.05) is 42.5 Å². The van der Waals surface area contributed by atoms with E-state index in [9.17, 15) is 4.79 Å². The Morgan fingerprint density at radius 1 is 1.03 bits per heavy atom. The molecule has 0 bridgehead atoms. The van der Waals surface area contributed by atoms with Crippen molar-refractivity contribution in [3.05, 3.63) is 54.1 Å². The molecule has 0 saturated carbocycles. The van der Waals surface area contributed by atoms with Crippen LogP contribution in [0.2, 0.25) is 0 Å². The van der Waals surface area contributed by atoms with E-state index in [1.54, 1.807) is 21.2 Å². The minimum absolute atomic E-state index is 0. The van der Waals surface area contributed by atoms with E-state index >= 15 is 0 Å². The quantitative estimate of drug-likeness (QED) is 0.450. The van der Waals surface area contributed by atoms with Gasteiger partial charge in [-0.2, -0.15) is 0 Å². The highest BCUT2D eigenvalue weighted by Gasteiger charge is 2.21. The lowest BCUT2D eigenvalue weighted by Crippen LogP contribution is -2.46. The molecule has 3 rings (SSSR count). The third kappa shape index (κ3) is 6.82. The van der Waals surface area contributed by atoms with Gasteiger partial charge in [-0.05, 0) is 29.8 Å². The number of hydrogen-bond donors (Lipinski definition) is 0. The topological polar surface area (TPSA) is 54.5 Å². The number of anilines is 1. The zero-order chi connectivity index (χ0) is 21.5. The second-order valence-corrected chi connectivity index (χ2v) is 7.57. The molecule has 0 aromatic heterocycles. The zero-order valence-corrected chi connectivity index (χ0v) is 19.6. The van der Waals surface area contributed by atoms with E-state index in [1.165, 1.54) is 4.90 Å². The summed E-state index contributed by atoms with van der Waals surface area (Å²) in [5, 5.41) is 0. The number of amides is 1.